The van der Waals surface area contributed by atoms with Gasteiger partial charge in [-0.05, 0) is 37.3 Å². The number of imidazole rings is 1. The number of nitrogens with one attached hydrogen (secondary N) is 1. The topological polar surface area (TPSA) is 104 Å². The summed E-state index contributed by atoms with van der Waals surface area (Å²) < 4.78 is 1.80. The Morgan fingerprint density at radius 2 is 2.00 bits per heavy atom. The molecule has 2 heterocycles. The van der Waals surface area contributed by atoms with Gasteiger partial charge in [-0.25, -0.2) is 9.78 Å². The Hall–Kier alpha value is -3.35. The van der Waals surface area contributed by atoms with Crippen molar-refractivity contribution in [2.45, 2.75) is 6.92 Å². The van der Waals surface area contributed by atoms with Crippen LogP contribution in [0.2, 0.25) is 0 Å². The first-order chi connectivity index (χ1) is 10.9. The van der Waals surface area contributed by atoms with Gasteiger partial charge in [0.25, 0.3) is 5.91 Å². The minimum absolute atomic E-state index is 0.276. The number of carboxylic acid groups (broad SMARTS) is 1. The van der Waals surface area contributed by atoms with Crippen LogP contribution in [0.4, 0.5) is 5.69 Å². The fourth-order valence-electron chi connectivity index (χ4n) is 2.24. The number of phenols is 1. The van der Waals surface area contributed by atoms with Gasteiger partial charge in [0.2, 0.25) is 0 Å². The smallest absolute Gasteiger partial charge is 0.339 e. The molecule has 0 aliphatic carbocycles. The van der Waals surface area contributed by atoms with Gasteiger partial charge in [-0.2, -0.15) is 0 Å². The third-order valence-electron chi connectivity index (χ3n) is 3.33. The van der Waals surface area contributed by atoms with E-state index in [9.17, 15) is 14.7 Å². The molecule has 0 saturated heterocycles. The van der Waals surface area contributed by atoms with Crippen LogP contribution in [0.5, 0.6) is 5.75 Å². The second kappa shape index (κ2) is 5.45. The van der Waals surface area contributed by atoms with E-state index in [0.29, 0.717) is 11.2 Å². The lowest BCUT2D eigenvalue weighted by atomic mass is 10.1. The Morgan fingerprint density at radius 1 is 1.22 bits per heavy atom. The van der Waals surface area contributed by atoms with Crippen molar-refractivity contribution in [1.29, 1.82) is 0 Å². The molecule has 1 amide bonds. The summed E-state index contributed by atoms with van der Waals surface area (Å²) >= 11 is 0. The number of carboxylic acids is 1. The molecule has 3 rings (SSSR count). The van der Waals surface area contributed by atoms with E-state index in [2.05, 4.69) is 10.3 Å². The standard InChI is InChI=1S/C16H13N3O4/c1-9-8-19-5-4-10(6-14(19)17-9)15(21)18-11-2-3-13(20)12(7-11)16(22)23/h2-8,20H,1H3,(H,18,21)(H,22,23). The van der Waals surface area contributed by atoms with Crippen molar-refractivity contribution in [3.05, 3.63) is 59.5 Å². The highest BCUT2D eigenvalue weighted by atomic mass is 16.4. The number of anilines is 1. The minimum Gasteiger partial charge on any atom is -0.507 e. The van der Waals surface area contributed by atoms with Crippen LogP contribution >= 0.6 is 0 Å². The molecule has 0 radical (unpaired) electrons. The number of hydrogen-bond acceptors (Lipinski definition) is 4. The molecule has 3 aromatic rings. The van der Waals surface area contributed by atoms with Gasteiger partial charge in [0.15, 0.2) is 0 Å². The van der Waals surface area contributed by atoms with Crippen molar-refractivity contribution >= 4 is 23.2 Å². The van der Waals surface area contributed by atoms with Gasteiger partial charge in [0.1, 0.15) is 17.0 Å². The first-order valence-electron chi connectivity index (χ1n) is 6.77. The number of carbonyl (C=O) groups excluding carboxylic acids is 1. The van der Waals surface area contributed by atoms with Crippen molar-refractivity contribution in [2.75, 3.05) is 5.32 Å². The molecule has 1 aromatic carbocycles. The summed E-state index contributed by atoms with van der Waals surface area (Å²) in [6.07, 6.45) is 3.57. The summed E-state index contributed by atoms with van der Waals surface area (Å²) in [4.78, 5) is 27.6. The van der Waals surface area contributed by atoms with Crippen LogP contribution in [-0.2, 0) is 0 Å². The van der Waals surface area contributed by atoms with Crippen LogP contribution in [-0.4, -0.2) is 31.5 Å². The highest BCUT2D eigenvalue weighted by Crippen LogP contribution is 2.22. The van der Waals surface area contributed by atoms with E-state index in [1.165, 1.54) is 18.2 Å². The number of aryl methyl sites for hydroxylation is 1. The first kappa shape index (κ1) is 14.6. The lowest BCUT2D eigenvalue weighted by molar-refractivity contribution is 0.0693. The Balaban J connectivity index is 1.88. The van der Waals surface area contributed by atoms with Gasteiger partial charge >= 0.3 is 5.97 Å². The van der Waals surface area contributed by atoms with E-state index in [0.717, 1.165) is 5.69 Å². The van der Waals surface area contributed by atoms with E-state index in [1.807, 2.05) is 13.1 Å². The number of benzene rings is 1. The van der Waals surface area contributed by atoms with Crippen molar-refractivity contribution in [2.24, 2.45) is 0 Å². The van der Waals surface area contributed by atoms with Gasteiger partial charge < -0.3 is 19.9 Å². The predicted molar refractivity (Wildman–Crippen MR) is 82.9 cm³/mol. The second-order valence-corrected chi connectivity index (χ2v) is 5.05. The molecule has 3 N–H and O–H groups in total. The van der Waals surface area contributed by atoms with Crippen LogP contribution < -0.4 is 5.32 Å². The fourth-order valence-corrected chi connectivity index (χ4v) is 2.24. The van der Waals surface area contributed by atoms with E-state index < -0.39 is 11.9 Å². The van der Waals surface area contributed by atoms with E-state index in [-0.39, 0.29) is 17.0 Å². The molecule has 23 heavy (non-hydrogen) atoms. The molecule has 116 valence electrons. The monoisotopic (exact) mass is 311 g/mol. The summed E-state index contributed by atoms with van der Waals surface area (Å²) in [7, 11) is 0. The zero-order valence-electron chi connectivity index (χ0n) is 12.1. The van der Waals surface area contributed by atoms with Gasteiger partial charge in [-0.3, -0.25) is 4.79 Å². The van der Waals surface area contributed by atoms with Crippen molar-refractivity contribution in [3.63, 3.8) is 0 Å². The Morgan fingerprint density at radius 3 is 2.74 bits per heavy atom. The SMILES string of the molecule is Cc1cn2ccc(C(=O)Nc3ccc(O)c(C(=O)O)c3)cc2n1. The molecule has 2 aromatic heterocycles. The van der Waals surface area contributed by atoms with Crippen molar-refractivity contribution in [3.8, 4) is 5.75 Å². The molecule has 0 aliphatic heterocycles. The maximum Gasteiger partial charge on any atom is 0.339 e. The number of carbonyl (C=O) groups is 2. The van der Waals surface area contributed by atoms with E-state index >= 15 is 0 Å². The highest BCUT2D eigenvalue weighted by Gasteiger charge is 2.13. The summed E-state index contributed by atoms with van der Waals surface area (Å²) in [6.45, 7) is 1.86. The molecular formula is C16H13N3O4. The van der Waals surface area contributed by atoms with Crippen molar-refractivity contribution in [1.82, 2.24) is 9.38 Å². The number of nitrogens with zero attached hydrogens (tertiary/aromatic N) is 2. The Kier molecular flexibility index (Phi) is 3.46. The molecule has 0 atom stereocenters. The maximum absolute atomic E-state index is 12.3. The summed E-state index contributed by atoms with van der Waals surface area (Å²) in [5.74, 6) is -2.02. The minimum atomic E-state index is -1.27. The number of fused-ring (bicyclic) bond motifs is 1. The third-order valence-corrected chi connectivity index (χ3v) is 3.33. The number of rotatable bonds is 3. The fraction of sp³-hybridized carbons (Fsp3) is 0.0625. The number of aromatic hydroxyl groups is 1. The average Bonchev–Trinajstić information content (AvgIpc) is 2.87. The zero-order chi connectivity index (χ0) is 16.6. The normalized spacial score (nSPS) is 10.7. The van der Waals surface area contributed by atoms with Gasteiger partial charge in [0, 0.05) is 23.6 Å². The van der Waals surface area contributed by atoms with Crippen LogP contribution in [0.1, 0.15) is 26.4 Å². The van der Waals surface area contributed by atoms with Gasteiger partial charge in [-0.1, -0.05) is 0 Å². The Bertz CT molecular complexity index is 930. The number of aromatic carboxylic acids is 1. The van der Waals surface area contributed by atoms with Crippen LogP contribution in [0.3, 0.4) is 0 Å². The molecule has 0 fully saturated rings. The summed E-state index contributed by atoms with van der Waals surface area (Å²) in [6, 6.07) is 7.13. The molecule has 0 bridgehead atoms. The maximum atomic E-state index is 12.3. The number of aromatic nitrogens is 2. The van der Waals surface area contributed by atoms with Gasteiger partial charge in [0.05, 0.1) is 5.69 Å². The molecule has 0 spiro atoms. The van der Waals surface area contributed by atoms with E-state index in [4.69, 9.17) is 5.11 Å². The average molecular weight is 311 g/mol. The largest absolute Gasteiger partial charge is 0.507 e. The molecule has 7 heteroatoms. The van der Waals surface area contributed by atoms with Crippen LogP contribution in [0, 0.1) is 6.92 Å². The third kappa shape index (κ3) is 2.84. The second-order valence-electron chi connectivity index (χ2n) is 5.05. The zero-order valence-corrected chi connectivity index (χ0v) is 12.1. The molecule has 0 unspecified atom stereocenters. The quantitative estimate of drug-likeness (QED) is 0.644. The molecule has 0 saturated carbocycles. The number of pyridine rings is 1. The number of amides is 1. The van der Waals surface area contributed by atoms with Gasteiger partial charge in [-0.15, -0.1) is 0 Å². The predicted octanol–water partition coefficient (Wildman–Crippen LogP) is 2.30. The van der Waals surface area contributed by atoms with Crippen LogP contribution in [0.25, 0.3) is 5.65 Å². The highest BCUT2D eigenvalue weighted by molar-refractivity contribution is 6.05. The number of hydrogen-bond donors (Lipinski definition) is 3. The Labute approximate surface area is 130 Å². The van der Waals surface area contributed by atoms with E-state index in [1.54, 1.807) is 22.7 Å². The van der Waals surface area contributed by atoms with Crippen molar-refractivity contribution < 1.29 is 19.8 Å². The molecule has 7 nitrogen and oxygen atoms in total. The van der Waals surface area contributed by atoms with Crippen LogP contribution in [0.15, 0.2) is 42.7 Å². The lowest BCUT2D eigenvalue weighted by Crippen LogP contribution is -2.12. The first-order valence-corrected chi connectivity index (χ1v) is 6.77. The summed E-state index contributed by atoms with van der Waals surface area (Å²) in [5.41, 5.74) is 1.89. The summed E-state index contributed by atoms with van der Waals surface area (Å²) in [5, 5.41) is 21.1. The molecular weight excluding hydrogens is 298 g/mol. The molecule has 0 aliphatic rings. The lowest BCUT2D eigenvalue weighted by Gasteiger charge is -2.07.